The Morgan fingerprint density at radius 3 is 2.50 bits per heavy atom. The highest BCUT2D eigenvalue weighted by atomic mass is 35.5. The van der Waals surface area contributed by atoms with Gasteiger partial charge in [0, 0.05) is 35.4 Å². The number of carbonyl (C=O) groups excluding carboxylic acids is 1. The van der Waals surface area contributed by atoms with Crippen LogP contribution in [-0.2, 0) is 4.74 Å². The van der Waals surface area contributed by atoms with Gasteiger partial charge in [0.1, 0.15) is 0 Å². The summed E-state index contributed by atoms with van der Waals surface area (Å²) in [5.74, 6) is 0.00987. The molecule has 0 unspecified atom stereocenters. The van der Waals surface area contributed by atoms with Gasteiger partial charge < -0.3 is 9.64 Å². The van der Waals surface area contributed by atoms with Crippen molar-refractivity contribution in [3.63, 3.8) is 0 Å². The molecule has 0 N–H and O–H groups in total. The second kappa shape index (κ2) is 6.03. The first-order chi connectivity index (χ1) is 8.66. The quantitative estimate of drug-likeness (QED) is 0.622. The average Bonchev–Trinajstić information content (AvgIpc) is 2.40. The van der Waals surface area contributed by atoms with Crippen LogP contribution < -0.4 is 0 Å². The van der Waals surface area contributed by atoms with Crippen molar-refractivity contribution in [3.05, 3.63) is 46.6 Å². The predicted octanol–water partition coefficient (Wildman–Crippen LogP) is 2.76. The highest BCUT2D eigenvalue weighted by Crippen LogP contribution is 2.13. The Balaban J connectivity index is 2.06. The third kappa shape index (κ3) is 3.34. The second-order valence-corrected chi connectivity index (χ2v) is 4.69. The van der Waals surface area contributed by atoms with Crippen LogP contribution in [0, 0.1) is 0 Å². The average molecular weight is 266 g/mol. The fourth-order valence-electron chi connectivity index (χ4n) is 1.89. The van der Waals surface area contributed by atoms with E-state index in [0.717, 1.165) is 32.0 Å². The molecule has 1 aliphatic rings. The first-order valence-corrected chi connectivity index (χ1v) is 6.35. The van der Waals surface area contributed by atoms with Crippen molar-refractivity contribution in [2.75, 3.05) is 26.3 Å². The normalized spacial score (nSPS) is 16.8. The summed E-state index contributed by atoms with van der Waals surface area (Å²) in [6.45, 7) is 5.09. The zero-order valence-corrected chi connectivity index (χ0v) is 11.1. The summed E-state index contributed by atoms with van der Waals surface area (Å²) in [6, 6.07) is 6.95. The van der Waals surface area contributed by atoms with Crippen LogP contribution in [0.2, 0.25) is 5.02 Å². The predicted molar refractivity (Wildman–Crippen MR) is 71.9 cm³/mol. The monoisotopic (exact) mass is 265 g/mol. The number of rotatable bonds is 3. The van der Waals surface area contributed by atoms with E-state index >= 15 is 0 Å². The van der Waals surface area contributed by atoms with E-state index in [-0.39, 0.29) is 5.78 Å². The topological polar surface area (TPSA) is 29.5 Å². The molecule has 0 atom stereocenters. The first-order valence-electron chi connectivity index (χ1n) is 5.98. The Morgan fingerprint density at radius 2 is 1.89 bits per heavy atom. The Kier molecular flexibility index (Phi) is 4.39. The van der Waals surface area contributed by atoms with Gasteiger partial charge in [-0.3, -0.25) is 4.79 Å². The fraction of sp³-hybridized carbons (Fsp3) is 0.357. The number of benzene rings is 1. The fourth-order valence-corrected chi connectivity index (χ4v) is 2.02. The van der Waals surface area contributed by atoms with Gasteiger partial charge in [-0.25, -0.2) is 0 Å². The summed E-state index contributed by atoms with van der Waals surface area (Å²) >= 11 is 5.79. The molecule has 1 aliphatic heterocycles. The zero-order valence-electron chi connectivity index (χ0n) is 10.4. The van der Waals surface area contributed by atoms with Gasteiger partial charge in [-0.2, -0.15) is 0 Å². The summed E-state index contributed by atoms with van der Waals surface area (Å²) in [7, 11) is 0. The lowest BCUT2D eigenvalue weighted by Crippen LogP contribution is -2.35. The lowest BCUT2D eigenvalue weighted by Gasteiger charge is -2.29. The highest BCUT2D eigenvalue weighted by molar-refractivity contribution is 6.30. The summed E-state index contributed by atoms with van der Waals surface area (Å²) in [4.78, 5) is 14.2. The number of morpholine rings is 1. The largest absolute Gasteiger partial charge is 0.378 e. The zero-order chi connectivity index (χ0) is 13.0. The molecule has 1 saturated heterocycles. The van der Waals surface area contributed by atoms with Gasteiger partial charge >= 0.3 is 0 Å². The molecule has 96 valence electrons. The van der Waals surface area contributed by atoms with Crippen molar-refractivity contribution >= 4 is 17.4 Å². The molecule has 1 aromatic rings. The van der Waals surface area contributed by atoms with E-state index in [9.17, 15) is 4.79 Å². The minimum Gasteiger partial charge on any atom is -0.378 e. The van der Waals surface area contributed by atoms with E-state index < -0.39 is 0 Å². The molecule has 2 rings (SSSR count). The van der Waals surface area contributed by atoms with Gasteiger partial charge in [0.2, 0.25) is 0 Å². The molecule has 0 aromatic heterocycles. The van der Waals surface area contributed by atoms with Gasteiger partial charge in [0.05, 0.1) is 13.2 Å². The van der Waals surface area contributed by atoms with E-state index in [4.69, 9.17) is 16.3 Å². The van der Waals surface area contributed by atoms with Crippen LogP contribution in [0.15, 0.2) is 36.0 Å². The number of halogens is 1. The molecule has 1 fully saturated rings. The molecule has 0 bridgehead atoms. The van der Waals surface area contributed by atoms with Crippen LogP contribution in [-0.4, -0.2) is 37.0 Å². The SMILES string of the molecule is C/C(=C\C(=O)c1ccc(Cl)cc1)N1CCOCC1. The maximum absolute atomic E-state index is 12.0. The summed E-state index contributed by atoms with van der Waals surface area (Å²) in [6.07, 6.45) is 1.68. The molecule has 4 heteroatoms. The first kappa shape index (κ1) is 13.1. The summed E-state index contributed by atoms with van der Waals surface area (Å²) in [5.41, 5.74) is 1.64. The minimum atomic E-state index is 0.00987. The Morgan fingerprint density at radius 1 is 1.28 bits per heavy atom. The molecular formula is C14H16ClNO2. The van der Waals surface area contributed by atoms with Gasteiger partial charge in [-0.05, 0) is 31.2 Å². The highest BCUT2D eigenvalue weighted by Gasteiger charge is 2.12. The van der Waals surface area contributed by atoms with E-state index in [0.29, 0.717) is 10.6 Å². The van der Waals surface area contributed by atoms with Crippen molar-refractivity contribution < 1.29 is 9.53 Å². The standard InChI is InChI=1S/C14H16ClNO2/c1-11(16-6-8-18-9-7-16)10-14(17)12-2-4-13(15)5-3-12/h2-5,10H,6-9H2,1H3/b11-10+. The lowest BCUT2D eigenvalue weighted by atomic mass is 10.1. The van der Waals surface area contributed by atoms with Gasteiger partial charge in [0.25, 0.3) is 0 Å². The maximum atomic E-state index is 12.0. The van der Waals surface area contributed by atoms with Crippen molar-refractivity contribution in [2.24, 2.45) is 0 Å². The van der Waals surface area contributed by atoms with E-state index in [1.54, 1.807) is 30.3 Å². The molecule has 0 radical (unpaired) electrons. The van der Waals surface area contributed by atoms with E-state index in [2.05, 4.69) is 4.90 Å². The second-order valence-electron chi connectivity index (χ2n) is 4.26. The van der Waals surface area contributed by atoms with Crippen molar-refractivity contribution in [2.45, 2.75) is 6.92 Å². The minimum absolute atomic E-state index is 0.00987. The Hall–Kier alpha value is -1.32. The van der Waals surface area contributed by atoms with Crippen molar-refractivity contribution in [1.82, 2.24) is 4.90 Å². The van der Waals surface area contributed by atoms with Crippen LogP contribution in [0.3, 0.4) is 0 Å². The van der Waals surface area contributed by atoms with Crippen LogP contribution in [0.5, 0.6) is 0 Å². The Labute approximate surface area is 112 Å². The number of allylic oxidation sites excluding steroid dienone is 2. The lowest BCUT2D eigenvalue weighted by molar-refractivity contribution is 0.0534. The van der Waals surface area contributed by atoms with E-state index in [1.165, 1.54) is 0 Å². The van der Waals surface area contributed by atoms with Gasteiger partial charge in [-0.1, -0.05) is 11.6 Å². The molecule has 0 aliphatic carbocycles. The third-order valence-electron chi connectivity index (χ3n) is 2.98. The van der Waals surface area contributed by atoms with Crippen molar-refractivity contribution in [1.29, 1.82) is 0 Å². The molecule has 1 heterocycles. The van der Waals surface area contributed by atoms with Crippen molar-refractivity contribution in [3.8, 4) is 0 Å². The van der Waals surface area contributed by atoms with Crippen LogP contribution in [0.1, 0.15) is 17.3 Å². The molecule has 0 spiro atoms. The summed E-state index contributed by atoms with van der Waals surface area (Å²) < 4.78 is 5.28. The summed E-state index contributed by atoms with van der Waals surface area (Å²) in [5, 5.41) is 0.639. The number of ketones is 1. The smallest absolute Gasteiger partial charge is 0.187 e. The molecular weight excluding hydrogens is 250 g/mol. The van der Waals surface area contributed by atoms with Crippen LogP contribution in [0.4, 0.5) is 0 Å². The van der Waals surface area contributed by atoms with Crippen LogP contribution in [0.25, 0.3) is 0 Å². The number of nitrogens with zero attached hydrogens (tertiary/aromatic N) is 1. The number of hydrogen-bond donors (Lipinski definition) is 0. The number of carbonyl (C=O) groups is 1. The van der Waals surface area contributed by atoms with Gasteiger partial charge in [-0.15, -0.1) is 0 Å². The van der Waals surface area contributed by atoms with E-state index in [1.807, 2.05) is 6.92 Å². The molecule has 0 amide bonds. The molecule has 3 nitrogen and oxygen atoms in total. The van der Waals surface area contributed by atoms with Gasteiger partial charge in [0.15, 0.2) is 5.78 Å². The number of ether oxygens (including phenoxy) is 1. The molecule has 18 heavy (non-hydrogen) atoms. The third-order valence-corrected chi connectivity index (χ3v) is 3.23. The molecule has 0 saturated carbocycles. The maximum Gasteiger partial charge on any atom is 0.187 e. The number of hydrogen-bond acceptors (Lipinski definition) is 3. The Bertz CT molecular complexity index is 447. The van der Waals surface area contributed by atoms with Crippen LogP contribution >= 0.6 is 11.6 Å². The molecule has 1 aromatic carbocycles.